The van der Waals surface area contributed by atoms with Crippen LogP contribution in [-0.4, -0.2) is 57.1 Å². The number of unbranched alkanes of at least 4 members (excludes halogenated alkanes) is 1. The second-order valence-electron chi connectivity index (χ2n) is 9.55. The van der Waals surface area contributed by atoms with E-state index in [4.69, 9.17) is 4.74 Å². The molecule has 0 aliphatic heterocycles. The Morgan fingerprint density at radius 1 is 0.875 bits per heavy atom. The number of sulfonamides is 1. The first-order valence-electron chi connectivity index (χ1n) is 13.6. The maximum Gasteiger partial charge on any atom is 0.244 e. The number of benzene rings is 3. The van der Waals surface area contributed by atoms with Crippen LogP contribution < -0.4 is 14.4 Å². The van der Waals surface area contributed by atoms with Gasteiger partial charge in [0.1, 0.15) is 18.3 Å². The summed E-state index contributed by atoms with van der Waals surface area (Å²) in [6.45, 7) is 4.58. The predicted molar refractivity (Wildman–Crippen MR) is 159 cm³/mol. The highest BCUT2D eigenvalue weighted by molar-refractivity contribution is 7.92. The molecule has 3 aromatic rings. The van der Waals surface area contributed by atoms with E-state index in [9.17, 15) is 18.0 Å². The topological polar surface area (TPSA) is 96.0 Å². The highest BCUT2D eigenvalue weighted by Gasteiger charge is 2.32. The summed E-state index contributed by atoms with van der Waals surface area (Å²) >= 11 is 0. The normalized spacial score (nSPS) is 11.9. The van der Waals surface area contributed by atoms with Crippen LogP contribution in [0.1, 0.15) is 37.8 Å². The Morgan fingerprint density at radius 2 is 1.48 bits per heavy atom. The highest BCUT2D eigenvalue weighted by Crippen LogP contribution is 2.23. The van der Waals surface area contributed by atoms with E-state index in [2.05, 4.69) is 5.32 Å². The Morgan fingerprint density at radius 3 is 2.02 bits per heavy atom. The van der Waals surface area contributed by atoms with Crippen LogP contribution >= 0.6 is 0 Å². The number of ether oxygens (including phenoxy) is 1. The average molecular weight is 566 g/mol. The van der Waals surface area contributed by atoms with Gasteiger partial charge in [0.25, 0.3) is 0 Å². The van der Waals surface area contributed by atoms with E-state index >= 15 is 0 Å². The third-order valence-corrected chi connectivity index (χ3v) is 7.55. The number of hydrogen-bond donors (Lipinski definition) is 1. The Hall–Kier alpha value is -3.85. The molecular weight excluding hydrogens is 526 g/mol. The Kier molecular flexibility index (Phi) is 11.6. The molecule has 0 heterocycles. The first-order chi connectivity index (χ1) is 19.2. The summed E-state index contributed by atoms with van der Waals surface area (Å²) in [5, 5.41) is 2.98. The highest BCUT2D eigenvalue weighted by atomic mass is 32.2. The molecule has 3 aromatic carbocycles. The van der Waals surface area contributed by atoms with Gasteiger partial charge in [0.15, 0.2) is 0 Å². The lowest BCUT2D eigenvalue weighted by molar-refractivity contribution is -0.140. The van der Waals surface area contributed by atoms with Gasteiger partial charge in [-0.15, -0.1) is 0 Å². The molecule has 1 N–H and O–H groups in total. The lowest BCUT2D eigenvalue weighted by atomic mass is 10.0. The van der Waals surface area contributed by atoms with Gasteiger partial charge in [0.05, 0.1) is 18.6 Å². The smallest absolute Gasteiger partial charge is 0.244 e. The third kappa shape index (κ3) is 9.12. The van der Waals surface area contributed by atoms with Gasteiger partial charge in [-0.25, -0.2) is 8.42 Å². The van der Waals surface area contributed by atoms with Gasteiger partial charge < -0.3 is 15.0 Å². The fourth-order valence-electron chi connectivity index (χ4n) is 4.33. The number of hydrogen-bond acceptors (Lipinski definition) is 5. The molecule has 8 nitrogen and oxygen atoms in total. The van der Waals surface area contributed by atoms with Gasteiger partial charge in [-0.1, -0.05) is 74.0 Å². The molecule has 0 aliphatic carbocycles. The maximum atomic E-state index is 14.0. The largest absolute Gasteiger partial charge is 0.494 e. The van der Waals surface area contributed by atoms with Gasteiger partial charge in [0.2, 0.25) is 21.8 Å². The molecule has 40 heavy (non-hydrogen) atoms. The molecule has 214 valence electrons. The van der Waals surface area contributed by atoms with Gasteiger partial charge in [-0.2, -0.15) is 0 Å². The van der Waals surface area contributed by atoms with Crippen molar-refractivity contribution in [1.29, 1.82) is 0 Å². The molecule has 0 radical (unpaired) electrons. The van der Waals surface area contributed by atoms with Crippen molar-refractivity contribution in [3.63, 3.8) is 0 Å². The molecule has 3 rings (SSSR count). The summed E-state index contributed by atoms with van der Waals surface area (Å²) in [5.74, 6) is -0.147. The predicted octanol–water partition coefficient (Wildman–Crippen LogP) is 4.41. The molecular formula is C31H39N3O5S. The van der Waals surface area contributed by atoms with Crippen molar-refractivity contribution >= 4 is 27.5 Å². The van der Waals surface area contributed by atoms with E-state index in [0.717, 1.165) is 34.5 Å². The SMILES string of the molecule is CCCCNC(=O)[C@H](Cc1ccccc1)N(Cc1ccccc1)C(=O)CN(c1ccc(OCC)cc1)S(C)(=O)=O. The van der Waals surface area contributed by atoms with E-state index < -0.39 is 28.5 Å². The molecule has 2 amide bonds. The summed E-state index contributed by atoms with van der Waals surface area (Å²) in [5.41, 5.74) is 2.07. The first-order valence-corrected chi connectivity index (χ1v) is 15.4. The molecule has 0 bridgehead atoms. The minimum atomic E-state index is -3.82. The van der Waals surface area contributed by atoms with Crippen LogP contribution in [0.3, 0.4) is 0 Å². The minimum absolute atomic E-state index is 0.152. The van der Waals surface area contributed by atoms with Crippen molar-refractivity contribution in [1.82, 2.24) is 10.2 Å². The molecule has 1 atom stereocenters. The first kappa shape index (κ1) is 30.7. The van der Waals surface area contributed by atoms with Crippen LogP contribution in [0.25, 0.3) is 0 Å². The number of anilines is 1. The van der Waals surface area contributed by atoms with Gasteiger partial charge in [-0.05, 0) is 48.7 Å². The molecule has 0 aliphatic rings. The second kappa shape index (κ2) is 15.1. The summed E-state index contributed by atoms with van der Waals surface area (Å²) in [7, 11) is -3.82. The Bertz CT molecular complexity index is 1320. The average Bonchev–Trinajstić information content (AvgIpc) is 2.95. The van der Waals surface area contributed by atoms with E-state index in [1.165, 1.54) is 4.90 Å². The van der Waals surface area contributed by atoms with Gasteiger partial charge in [-0.3, -0.25) is 13.9 Å². The number of amides is 2. The third-order valence-electron chi connectivity index (χ3n) is 6.41. The van der Waals surface area contributed by atoms with Crippen LogP contribution in [0, 0.1) is 0 Å². The van der Waals surface area contributed by atoms with Crippen LogP contribution in [0.2, 0.25) is 0 Å². The Labute approximate surface area is 238 Å². The molecule has 0 fully saturated rings. The van der Waals surface area contributed by atoms with Crippen LogP contribution in [0.5, 0.6) is 5.75 Å². The monoisotopic (exact) mass is 565 g/mol. The lowest BCUT2D eigenvalue weighted by Crippen LogP contribution is -2.53. The van der Waals surface area contributed by atoms with Crippen molar-refractivity contribution in [3.05, 3.63) is 96.1 Å². The summed E-state index contributed by atoms with van der Waals surface area (Å²) in [4.78, 5) is 29.1. The maximum absolute atomic E-state index is 14.0. The van der Waals surface area contributed by atoms with Gasteiger partial charge >= 0.3 is 0 Å². The van der Waals surface area contributed by atoms with E-state index in [0.29, 0.717) is 31.0 Å². The van der Waals surface area contributed by atoms with E-state index in [-0.39, 0.29) is 12.5 Å². The van der Waals surface area contributed by atoms with Crippen LogP contribution in [-0.2, 0) is 32.6 Å². The van der Waals surface area contributed by atoms with Crippen LogP contribution in [0.15, 0.2) is 84.9 Å². The minimum Gasteiger partial charge on any atom is -0.494 e. The summed E-state index contributed by atoms with van der Waals surface area (Å²) in [6, 6.07) is 24.6. The van der Waals surface area contributed by atoms with E-state index in [1.54, 1.807) is 24.3 Å². The summed E-state index contributed by atoms with van der Waals surface area (Å²) in [6.07, 6.45) is 3.09. The molecule has 0 saturated carbocycles. The number of rotatable bonds is 15. The fourth-order valence-corrected chi connectivity index (χ4v) is 5.18. The zero-order valence-electron chi connectivity index (χ0n) is 23.5. The summed E-state index contributed by atoms with van der Waals surface area (Å²) < 4.78 is 32.3. The Balaban J connectivity index is 1.99. The molecule has 0 spiro atoms. The van der Waals surface area contributed by atoms with Gasteiger partial charge in [0, 0.05) is 19.5 Å². The zero-order chi connectivity index (χ0) is 29.0. The van der Waals surface area contributed by atoms with Crippen molar-refractivity contribution in [2.75, 3.05) is 30.3 Å². The number of nitrogens with zero attached hydrogens (tertiary/aromatic N) is 2. The molecule has 0 unspecified atom stereocenters. The molecule has 9 heteroatoms. The van der Waals surface area contributed by atoms with Crippen molar-refractivity contribution < 1.29 is 22.7 Å². The zero-order valence-corrected chi connectivity index (χ0v) is 24.3. The fraction of sp³-hybridized carbons (Fsp3) is 0.355. The van der Waals surface area contributed by atoms with Crippen molar-refractivity contribution in [2.24, 2.45) is 0 Å². The second-order valence-corrected chi connectivity index (χ2v) is 11.5. The molecule has 0 aromatic heterocycles. The van der Waals surface area contributed by atoms with E-state index in [1.807, 2.05) is 74.5 Å². The number of carbonyl (C=O) groups is 2. The molecule has 0 saturated heterocycles. The number of nitrogens with one attached hydrogen (secondary N) is 1. The standard InChI is InChI=1S/C31H39N3O5S/c1-4-6-21-32-31(36)29(22-25-13-9-7-10-14-25)33(23-26-15-11-8-12-16-26)30(35)24-34(40(3,37)38)27-17-19-28(20-18-27)39-5-2/h7-20,29H,4-6,21-24H2,1-3H3,(H,32,36)/t29-/m0/s1. The lowest BCUT2D eigenvalue weighted by Gasteiger charge is -2.33. The van der Waals surface area contributed by atoms with Crippen LogP contribution in [0.4, 0.5) is 5.69 Å². The quantitative estimate of drug-likeness (QED) is 0.276. The van der Waals surface area contributed by atoms with Crippen molar-refractivity contribution in [2.45, 2.75) is 45.7 Å². The van der Waals surface area contributed by atoms with Crippen molar-refractivity contribution in [3.8, 4) is 5.75 Å². The number of carbonyl (C=O) groups excluding carboxylic acids is 2.